The van der Waals surface area contributed by atoms with Gasteiger partial charge in [0.2, 0.25) is 0 Å². The zero-order chi connectivity index (χ0) is 14.1. The number of aromatic amines is 1. The zero-order valence-electron chi connectivity index (χ0n) is 10.7. The number of H-pyrrole nitrogens is 1. The van der Waals surface area contributed by atoms with E-state index in [-0.39, 0.29) is 0 Å². The van der Waals surface area contributed by atoms with Crippen LogP contribution in [0.25, 0.3) is 11.0 Å². The molecule has 0 saturated heterocycles. The summed E-state index contributed by atoms with van der Waals surface area (Å²) in [6, 6.07) is 11.3. The molecular weight excluding hydrogens is 292 g/mol. The number of hydrogen-bond acceptors (Lipinski definition) is 3. The Morgan fingerprint density at radius 2 is 2.10 bits per heavy atom. The number of carbonyl (C=O) groups excluding carboxylic acids is 1. The van der Waals surface area contributed by atoms with Gasteiger partial charge in [-0.25, -0.2) is 4.98 Å². The third-order valence-corrected chi connectivity index (χ3v) is 4.30. The SMILES string of the molecule is Cc1ccc2nc(Sc3ccc(C=O)cc3Cl)[nH]c2c1. The molecule has 3 rings (SSSR count). The van der Waals surface area contributed by atoms with E-state index in [1.54, 1.807) is 12.1 Å². The van der Waals surface area contributed by atoms with Gasteiger partial charge in [-0.3, -0.25) is 4.79 Å². The number of aromatic nitrogens is 2. The lowest BCUT2D eigenvalue weighted by molar-refractivity contribution is 0.112. The fraction of sp³-hybridized carbons (Fsp3) is 0.0667. The van der Waals surface area contributed by atoms with Crippen molar-refractivity contribution in [1.82, 2.24) is 9.97 Å². The first kappa shape index (κ1) is 13.2. The molecule has 0 atom stereocenters. The lowest BCUT2D eigenvalue weighted by atomic mass is 10.2. The number of carbonyl (C=O) groups is 1. The fourth-order valence-corrected chi connectivity index (χ4v) is 3.04. The maximum absolute atomic E-state index is 10.7. The van der Waals surface area contributed by atoms with E-state index < -0.39 is 0 Å². The molecule has 3 aromatic rings. The molecular formula is C15H11ClN2OS. The summed E-state index contributed by atoms with van der Waals surface area (Å²) >= 11 is 7.61. The van der Waals surface area contributed by atoms with Crippen LogP contribution in [-0.2, 0) is 0 Å². The van der Waals surface area contributed by atoms with Crippen molar-refractivity contribution >= 4 is 40.7 Å². The van der Waals surface area contributed by atoms with Gasteiger partial charge in [0.05, 0.1) is 16.1 Å². The second-order valence-corrected chi connectivity index (χ2v) is 5.91. The molecule has 5 heteroatoms. The van der Waals surface area contributed by atoms with Gasteiger partial charge in [0.1, 0.15) is 6.29 Å². The van der Waals surface area contributed by atoms with E-state index in [2.05, 4.69) is 16.0 Å². The predicted octanol–water partition coefficient (Wildman–Crippen LogP) is 4.49. The van der Waals surface area contributed by atoms with Crippen molar-refractivity contribution in [1.29, 1.82) is 0 Å². The number of nitrogens with zero attached hydrogens (tertiary/aromatic N) is 1. The Morgan fingerprint density at radius 3 is 2.85 bits per heavy atom. The highest BCUT2D eigenvalue weighted by Crippen LogP contribution is 2.33. The van der Waals surface area contributed by atoms with Gasteiger partial charge in [-0.2, -0.15) is 0 Å². The van der Waals surface area contributed by atoms with Gasteiger partial charge in [-0.1, -0.05) is 35.5 Å². The molecule has 0 unspecified atom stereocenters. The second kappa shape index (κ2) is 5.31. The maximum Gasteiger partial charge on any atom is 0.171 e. The summed E-state index contributed by atoms with van der Waals surface area (Å²) in [6.07, 6.45) is 0.782. The molecule has 20 heavy (non-hydrogen) atoms. The lowest BCUT2D eigenvalue weighted by Crippen LogP contribution is -1.82. The van der Waals surface area contributed by atoms with Crippen molar-refractivity contribution in [3.05, 3.63) is 52.5 Å². The van der Waals surface area contributed by atoms with Crippen molar-refractivity contribution in [3.8, 4) is 0 Å². The first-order valence-electron chi connectivity index (χ1n) is 6.04. The number of imidazole rings is 1. The smallest absolute Gasteiger partial charge is 0.171 e. The number of halogens is 1. The molecule has 100 valence electrons. The van der Waals surface area contributed by atoms with Crippen molar-refractivity contribution in [3.63, 3.8) is 0 Å². The van der Waals surface area contributed by atoms with Crippen LogP contribution in [0.3, 0.4) is 0 Å². The number of aldehydes is 1. The van der Waals surface area contributed by atoms with Crippen LogP contribution in [0.1, 0.15) is 15.9 Å². The average Bonchev–Trinajstić information content (AvgIpc) is 2.82. The first-order chi connectivity index (χ1) is 9.65. The Morgan fingerprint density at radius 1 is 1.25 bits per heavy atom. The van der Waals surface area contributed by atoms with Crippen LogP contribution in [0, 0.1) is 6.92 Å². The van der Waals surface area contributed by atoms with E-state index in [0.717, 1.165) is 27.4 Å². The van der Waals surface area contributed by atoms with Crippen LogP contribution in [0.2, 0.25) is 5.02 Å². The van der Waals surface area contributed by atoms with E-state index >= 15 is 0 Å². The highest BCUT2D eigenvalue weighted by Gasteiger charge is 2.08. The Kier molecular flexibility index (Phi) is 3.51. The minimum Gasteiger partial charge on any atom is -0.333 e. The number of rotatable bonds is 3. The molecule has 2 aromatic carbocycles. The third-order valence-electron chi connectivity index (χ3n) is 2.91. The molecule has 3 nitrogen and oxygen atoms in total. The summed E-state index contributed by atoms with van der Waals surface area (Å²) in [5, 5.41) is 1.34. The van der Waals surface area contributed by atoms with Gasteiger partial charge in [0.25, 0.3) is 0 Å². The molecule has 1 heterocycles. The highest BCUT2D eigenvalue weighted by atomic mass is 35.5. The Balaban J connectivity index is 1.94. The fourth-order valence-electron chi connectivity index (χ4n) is 1.93. The third kappa shape index (κ3) is 2.57. The topological polar surface area (TPSA) is 45.8 Å². The lowest BCUT2D eigenvalue weighted by Gasteiger charge is -2.01. The molecule has 0 aliphatic carbocycles. The Bertz CT molecular complexity index is 798. The van der Waals surface area contributed by atoms with Crippen LogP contribution in [-0.4, -0.2) is 16.3 Å². The van der Waals surface area contributed by atoms with Crippen LogP contribution in [0.5, 0.6) is 0 Å². The number of hydrogen-bond donors (Lipinski definition) is 1. The van der Waals surface area contributed by atoms with Crippen molar-refractivity contribution in [2.45, 2.75) is 17.0 Å². The Hall–Kier alpha value is -1.78. The average molecular weight is 303 g/mol. The number of benzene rings is 2. The molecule has 0 radical (unpaired) electrons. The van der Waals surface area contributed by atoms with E-state index in [9.17, 15) is 4.79 Å². The van der Waals surface area contributed by atoms with Gasteiger partial charge >= 0.3 is 0 Å². The zero-order valence-corrected chi connectivity index (χ0v) is 12.3. The summed E-state index contributed by atoms with van der Waals surface area (Å²) in [5.41, 5.74) is 3.69. The quantitative estimate of drug-likeness (QED) is 0.725. The van der Waals surface area contributed by atoms with E-state index in [1.165, 1.54) is 17.3 Å². The minimum absolute atomic E-state index is 0.552. The molecule has 0 saturated carbocycles. The number of fused-ring (bicyclic) bond motifs is 1. The normalized spacial score (nSPS) is 10.9. The van der Waals surface area contributed by atoms with Crippen molar-refractivity contribution < 1.29 is 4.79 Å². The summed E-state index contributed by atoms with van der Waals surface area (Å²) in [6.45, 7) is 2.04. The molecule has 0 amide bonds. The Labute approximate surface area is 125 Å². The molecule has 0 bridgehead atoms. The monoisotopic (exact) mass is 302 g/mol. The van der Waals surface area contributed by atoms with Gasteiger partial charge < -0.3 is 4.98 Å². The summed E-state index contributed by atoms with van der Waals surface area (Å²) in [7, 11) is 0. The van der Waals surface area contributed by atoms with Gasteiger partial charge in [-0.15, -0.1) is 0 Å². The summed E-state index contributed by atoms with van der Waals surface area (Å²) < 4.78 is 0. The molecule has 1 aromatic heterocycles. The van der Waals surface area contributed by atoms with E-state index in [0.29, 0.717) is 10.6 Å². The molecule has 1 N–H and O–H groups in total. The molecule has 0 fully saturated rings. The van der Waals surface area contributed by atoms with E-state index in [1.807, 2.05) is 25.1 Å². The van der Waals surface area contributed by atoms with Crippen LogP contribution < -0.4 is 0 Å². The van der Waals surface area contributed by atoms with Crippen molar-refractivity contribution in [2.24, 2.45) is 0 Å². The summed E-state index contributed by atoms with van der Waals surface area (Å²) in [4.78, 5) is 19.3. The largest absolute Gasteiger partial charge is 0.333 e. The molecule has 0 aliphatic heterocycles. The number of aryl methyl sites for hydroxylation is 1. The molecule has 0 spiro atoms. The highest BCUT2D eigenvalue weighted by molar-refractivity contribution is 7.99. The van der Waals surface area contributed by atoms with Gasteiger partial charge in [-0.05, 0) is 36.8 Å². The maximum atomic E-state index is 10.7. The molecule has 0 aliphatic rings. The van der Waals surface area contributed by atoms with Crippen molar-refractivity contribution in [2.75, 3.05) is 0 Å². The van der Waals surface area contributed by atoms with E-state index in [4.69, 9.17) is 11.6 Å². The van der Waals surface area contributed by atoms with Crippen LogP contribution >= 0.6 is 23.4 Å². The second-order valence-electron chi connectivity index (χ2n) is 4.47. The first-order valence-corrected chi connectivity index (χ1v) is 7.24. The number of nitrogens with one attached hydrogen (secondary N) is 1. The predicted molar refractivity (Wildman–Crippen MR) is 81.8 cm³/mol. The van der Waals surface area contributed by atoms with Gasteiger partial charge in [0, 0.05) is 10.5 Å². The summed E-state index contributed by atoms with van der Waals surface area (Å²) in [5.74, 6) is 0. The van der Waals surface area contributed by atoms with Crippen LogP contribution in [0.4, 0.5) is 0 Å². The standard InChI is InChI=1S/C15H11ClN2OS/c1-9-2-4-12-13(6-9)18-15(17-12)20-14-5-3-10(8-19)7-11(14)16/h2-8H,1H3,(H,17,18). The van der Waals surface area contributed by atoms with Crippen LogP contribution in [0.15, 0.2) is 46.5 Å². The van der Waals surface area contributed by atoms with Gasteiger partial charge in [0.15, 0.2) is 5.16 Å². The minimum atomic E-state index is 0.552.